The number of H-pyrrole nitrogens is 1. The highest BCUT2D eigenvalue weighted by atomic mass is 16.6. The van der Waals surface area contributed by atoms with E-state index in [0.717, 1.165) is 19.4 Å². The number of aromatic amines is 1. The number of para-hydroxylation sites is 1. The van der Waals surface area contributed by atoms with E-state index in [9.17, 15) is 0 Å². The lowest BCUT2D eigenvalue weighted by atomic mass is 10.1. The van der Waals surface area contributed by atoms with E-state index in [-0.39, 0.29) is 0 Å². The largest absolute Gasteiger partial charge is 0.373 e. The monoisotopic (exact) mass is 187 g/mol. The summed E-state index contributed by atoms with van der Waals surface area (Å²) in [7, 11) is 0. The van der Waals surface area contributed by atoms with Crippen LogP contribution in [0.1, 0.15) is 12.0 Å². The quantitative estimate of drug-likeness (QED) is 0.735. The van der Waals surface area contributed by atoms with E-state index < -0.39 is 0 Å². The molecule has 0 aliphatic carbocycles. The number of ether oxygens (including phenoxy) is 1. The van der Waals surface area contributed by atoms with Crippen molar-refractivity contribution in [1.29, 1.82) is 0 Å². The van der Waals surface area contributed by atoms with Crippen LogP contribution in [0.25, 0.3) is 10.9 Å². The molecule has 1 aromatic carbocycles. The summed E-state index contributed by atoms with van der Waals surface area (Å²) >= 11 is 0. The molecule has 1 fully saturated rings. The summed E-state index contributed by atoms with van der Waals surface area (Å²) in [4.78, 5) is 3.29. The minimum atomic E-state index is 0.531. The third-order valence-electron chi connectivity index (χ3n) is 2.81. The lowest BCUT2D eigenvalue weighted by Gasteiger charge is -1.95. The first-order valence-corrected chi connectivity index (χ1v) is 5.10. The van der Waals surface area contributed by atoms with Gasteiger partial charge in [0, 0.05) is 17.1 Å². The molecule has 1 saturated heterocycles. The van der Waals surface area contributed by atoms with Crippen molar-refractivity contribution in [3.05, 3.63) is 36.0 Å². The summed E-state index contributed by atoms with van der Waals surface area (Å²) < 4.78 is 5.21. The summed E-state index contributed by atoms with van der Waals surface area (Å²) in [6, 6.07) is 8.45. The lowest BCUT2D eigenvalue weighted by molar-refractivity contribution is 0.397. The average Bonchev–Trinajstić information content (AvgIpc) is 2.96. The Morgan fingerprint density at radius 3 is 3.07 bits per heavy atom. The Kier molecular flexibility index (Phi) is 1.81. The second-order valence-electron chi connectivity index (χ2n) is 3.85. The van der Waals surface area contributed by atoms with Crippen LogP contribution in [0, 0.1) is 0 Å². The Labute approximate surface area is 82.9 Å². The predicted molar refractivity (Wildman–Crippen MR) is 56.4 cm³/mol. The molecule has 1 aliphatic rings. The first kappa shape index (κ1) is 8.06. The molecule has 1 aromatic heterocycles. The van der Waals surface area contributed by atoms with E-state index in [1.165, 1.54) is 16.5 Å². The van der Waals surface area contributed by atoms with E-state index >= 15 is 0 Å². The highest BCUT2D eigenvalue weighted by molar-refractivity contribution is 5.82. The van der Waals surface area contributed by atoms with E-state index in [4.69, 9.17) is 4.74 Å². The van der Waals surface area contributed by atoms with Crippen molar-refractivity contribution in [3.63, 3.8) is 0 Å². The Morgan fingerprint density at radius 1 is 1.36 bits per heavy atom. The Morgan fingerprint density at radius 2 is 2.21 bits per heavy atom. The zero-order valence-electron chi connectivity index (χ0n) is 7.99. The second kappa shape index (κ2) is 3.14. The molecule has 72 valence electrons. The third-order valence-corrected chi connectivity index (χ3v) is 2.81. The number of aryl methyl sites for hydroxylation is 1. The van der Waals surface area contributed by atoms with Gasteiger partial charge >= 0.3 is 0 Å². The van der Waals surface area contributed by atoms with Crippen molar-refractivity contribution in [2.75, 3.05) is 6.61 Å². The van der Waals surface area contributed by atoms with Crippen molar-refractivity contribution in [2.45, 2.75) is 18.9 Å². The molecule has 0 saturated carbocycles. The van der Waals surface area contributed by atoms with Gasteiger partial charge in [-0.25, -0.2) is 0 Å². The van der Waals surface area contributed by atoms with Gasteiger partial charge < -0.3 is 9.72 Å². The van der Waals surface area contributed by atoms with Crippen molar-refractivity contribution >= 4 is 10.9 Å². The zero-order valence-corrected chi connectivity index (χ0v) is 7.99. The first-order valence-electron chi connectivity index (χ1n) is 5.10. The molecule has 1 unspecified atom stereocenters. The number of nitrogens with one attached hydrogen (secondary N) is 1. The summed E-state index contributed by atoms with van der Waals surface area (Å²) in [5.74, 6) is 0. The van der Waals surface area contributed by atoms with Crippen LogP contribution in [-0.4, -0.2) is 17.7 Å². The minimum absolute atomic E-state index is 0.531. The van der Waals surface area contributed by atoms with Crippen LogP contribution in [0.3, 0.4) is 0 Å². The van der Waals surface area contributed by atoms with Crippen molar-refractivity contribution in [2.24, 2.45) is 0 Å². The van der Waals surface area contributed by atoms with E-state index in [1.807, 2.05) is 0 Å². The number of benzene rings is 1. The first-order chi connectivity index (χ1) is 6.93. The standard InChI is InChI=1S/C12H13NO/c1-2-4-12-11(3-1)9(7-13-12)5-6-10-8-14-10/h1-4,7,10,13H,5-6,8H2. The van der Waals surface area contributed by atoms with Gasteiger partial charge in [0.05, 0.1) is 12.7 Å². The van der Waals surface area contributed by atoms with Gasteiger partial charge in [-0.05, 0) is 24.5 Å². The molecule has 14 heavy (non-hydrogen) atoms. The number of hydrogen-bond donors (Lipinski definition) is 1. The minimum Gasteiger partial charge on any atom is -0.373 e. The molecule has 1 atom stereocenters. The van der Waals surface area contributed by atoms with Gasteiger partial charge in [-0.15, -0.1) is 0 Å². The van der Waals surface area contributed by atoms with Crippen LogP contribution < -0.4 is 0 Å². The van der Waals surface area contributed by atoms with E-state index in [1.54, 1.807) is 0 Å². The van der Waals surface area contributed by atoms with E-state index in [0.29, 0.717) is 6.10 Å². The maximum absolute atomic E-state index is 5.21. The molecule has 1 N–H and O–H groups in total. The molecule has 3 rings (SSSR count). The van der Waals surface area contributed by atoms with Crippen molar-refractivity contribution in [1.82, 2.24) is 4.98 Å². The highest BCUT2D eigenvalue weighted by Crippen LogP contribution is 2.22. The zero-order chi connectivity index (χ0) is 9.38. The summed E-state index contributed by atoms with van der Waals surface area (Å²) in [6.45, 7) is 0.961. The fourth-order valence-corrected chi connectivity index (χ4v) is 1.89. The number of aromatic nitrogens is 1. The van der Waals surface area contributed by atoms with Gasteiger partial charge in [0.15, 0.2) is 0 Å². The molecule has 0 spiro atoms. The molecule has 1 aliphatic heterocycles. The molecular formula is C12H13NO. The van der Waals surface area contributed by atoms with Gasteiger partial charge in [0.25, 0.3) is 0 Å². The number of hydrogen-bond acceptors (Lipinski definition) is 1. The van der Waals surface area contributed by atoms with Gasteiger partial charge in [0.2, 0.25) is 0 Å². The fraction of sp³-hybridized carbons (Fsp3) is 0.333. The van der Waals surface area contributed by atoms with Gasteiger partial charge in [-0.1, -0.05) is 18.2 Å². The number of fused-ring (bicyclic) bond motifs is 1. The van der Waals surface area contributed by atoms with Gasteiger partial charge in [0.1, 0.15) is 0 Å². The van der Waals surface area contributed by atoms with Crippen LogP contribution in [0.5, 0.6) is 0 Å². The third kappa shape index (κ3) is 1.42. The Hall–Kier alpha value is -1.28. The topological polar surface area (TPSA) is 28.3 Å². The fourth-order valence-electron chi connectivity index (χ4n) is 1.89. The summed E-state index contributed by atoms with van der Waals surface area (Å²) in [6.07, 6.45) is 4.92. The number of epoxide rings is 1. The molecule has 2 aromatic rings. The Bertz CT molecular complexity index is 442. The summed E-state index contributed by atoms with van der Waals surface area (Å²) in [5.41, 5.74) is 2.65. The second-order valence-corrected chi connectivity index (χ2v) is 3.85. The molecule has 2 heterocycles. The predicted octanol–water partition coefficient (Wildman–Crippen LogP) is 2.50. The van der Waals surface area contributed by atoms with Crippen LogP contribution in [0.2, 0.25) is 0 Å². The Balaban J connectivity index is 1.87. The lowest BCUT2D eigenvalue weighted by Crippen LogP contribution is -1.89. The van der Waals surface area contributed by atoms with Crippen molar-refractivity contribution < 1.29 is 4.74 Å². The normalized spacial score (nSPS) is 20.1. The summed E-state index contributed by atoms with van der Waals surface area (Å²) in [5, 5.41) is 1.35. The van der Waals surface area contributed by atoms with Crippen LogP contribution in [0.15, 0.2) is 30.5 Å². The number of rotatable bonds is 3. The molecule has 2 heteroatoms. The van der Waals surface area contributed by atoms with Crippen LogP contribution in [-0.2, 0) is 11.2 Å². The highest BCUT2D eigenvalue weighted by Gasteiger charge is 2.21. The molecular weight excluding hydrogens is 174 g/mol. The maximum atomic E-state index is 5.21. The molecule has 0 amide bonds. The van der Waals surface area contributed by atoms with Crippen LogP contribution in [0.4, 0.5) is 0 Å². The average molecular weight is 187 g/mol. The molecule has 2 nitrogen and oxygen atoms in total. The van der Waals surface area contributed by atoms with Gasteiger partial charge in [-0.3, -0.25) is 0 Å². The van der Waals surface area contributed by atoms with E-state index in [2.05, 4.69) is 35.4 Å². The van der Waals surface area contributed by atoms with Gasteiger partial charge in [-0.2, -0.15) is 0 Å². The SMILES string of the molecule is c1ccc2c(CCC3CO3)c[nH]c2c1. The maximum Gasteiger partial charge on any atom is 0.0813 e. The smallest absolute Gasteiger partial charge is 0.0813 e. The molecule has 0 radical (unpaired) electrons. The van der Waals surface area contributed by atoms with Crippen LogP contribution >= 0.6 is 0 Å². The molecule has 0 bridgehead atoms. The van der Waals surface area contributed by atoms with Crippen molar-refractivity contribution in [3.8, 4) is 0 Å².